The number of H-pyrrole nitrogens is 1. The summed E-state index contributed by atoms with van der Waals surface area (Å²) in [6, 6.07) is 3.54. The van der Waals surface area contributed by atoms with E-state index < -0.39 is 0 Å². The van der Waals surface area contributed by atoms with Crippen LogP contribution in [-0.2, 0) is 0 Å². The van der Waals surface area contributed by atoms with Crippen LogP contribution in [0.4, 0.5) is 11.8 Å². The average molecular weight is 384 g/mol. The highest BCUT2D eigenvalue weighted by atomic mass is 16.2. The van der Waals surface area contributed by atoms with Crippen LogP contribution in [0.3, 0.4) is 0 Å². The molecule has 8 nitrogen and oxygen atoms in total. The number of aryl methyl sites for hydroxylation is 1. The van der Waals surface area contributed by atoms with Crippen LogP contribution in [-0.4, -0.2) is 47.0 Å². The molecule has 3 rings (SSSR count). The van der Waals surface area contributed by atoms with Crippen molar-refractivity contribution in [3.63, 3.8) is 0 Å². The second kappa shape index (κ2) is 8.41. The van der Waals surface area contributed by atoms with E-state index in [1.807, 2.05) is 32.8 Å². The number of aromatic amines is 1. The maximum absolute atomic E-state index is 12.3. The van der Waals surface area contributed by atoms with Crippen molar-refractivity contribution in [2.45, 2.75) is 51.6 Å². The Morgan fingerprint density at radius 1 is 1.14 bits per heavy atom. The minimum absolute atomic E-state index is 0.0724. The molecule has 2 aromatic heterocycles. The van der Waals surface area contributed by atoms with Gasteiger partial charge in [0.2, 0.25) is 5.95 Å². The van der Waals surface area contributed by atoms with E-state index >= 15 is 0 Å². The number of hydrogen-bond acceptors (Lipinski definition) is 6. The van der Waals surface area contributed by atoms with Gasteiger partial charge in [-0.3, -0.25) is 9.59 Å². The third-order valence-corrected chi connectivity index (χ3v) is 5.25. The molecule has 1 aliphatic carbocycles. The lowest BCUT2D eigenvalue weighted by Gasteiger charge is -2.30. The van der Waals surface area contributed by atoms with E-state index in [1.165, 1.54) is 6.20 Å². The fraction of sp³-hybridized carbons (Fsp3) is 0.500. The normalized spacial score (nSPS) is 19.1. The summed E-state index contributed by atoms with van der Waals surface area (Å²) in [6.07, 6.45) is 5.03. The van der Waals surface area contributed by atoms with Crippen molar-refractivity contribution < 1.29 is 4.79 Å². The molecule has 2 heterocycles. The first-order chi connectivity index (χ1) is 13.3. The molecule has 1 amide bonds. The highest BCUT2D eigenvalue weighted by molar-refractivity contribution is 5.93. The zero-order valence-electron chi connectivity index (χ0n) is 16.9. The van der Waals surface area contributed by atoms with Gasteiger partial charge >= 0.3 is 0 Å². The van der Waals surface area contributed by atoms with Crippen LogP contribution in [0.1, 0.15) is 47.3 Å². The average Bonchev–Trinajstić information content (AvgIpc) is 2.66. The molecular weight excluding hydrogens is 356 g/mol. The summed E-state index contributed by atoms with van der Waals surface area (Å²) in [5.41, 5.74) is 1.84. The van der Waals surface area contributed by atoms with Crippen molar-refractivity contribution >= 4 is 17.7 Å². The van der Waals surface area contributed by atoms with E-state index in [4.69, 9.17) is 0 Å². The van der Waals surface area contributed by atoms with Crippen LogP contribution >= 0.6 is 0 Å². The molecule has 0 radical (unpaired) electrons. The Bertz CT molecular complexity index is 900. The lowest BCUT2D eigenvalue weighted by molar-refractivity contribution is 0.0925. The molecule has 0 bridgehead atoms. The van der Waals surface area contributed by atoms with Crippen molar-refractivity contribution in [3.8, 4) is 0 Å². The molecule has 0 unspecified atom stereocenters. The molecular formula is C20H28N6O2. The Balaban J connectivity index is 1.57. The maximum Gasteiger partial charge on any atom is 0.260 e. The van der Waals surface area contributed by atoms with Crippen LogP contribution in [0.25, 0.3) is 0 Å². The number of anilines is 2. The van der Waals surface area contributed by atoms with Crippen molar-refractivity contribution in [1.29, 1.82) is 0 Å². The van der Waals surface area contributed by atoms with Gasteiger partial charge in [-0.05, 0) is 51.7 Å². The summed E-state index contributed by atoms with van der Waals surface area (Å²) in [5, 5.41) is 6.42. The van der Waals surface area contributed by atoms with Crippen LogP contribution in [0, 0.1) is 13.8 Å². The Morgan fingerprint density at radius 2 is 1.82 bits per heavy atom. The number of aromatic nitrogens is 3. The van der Waals surface area contributed by atoms with Gasteiger partial charge in [0.25, 0.3) is 11.5 Å². The van der Waals surface area contributed by atoms with Crippen molar-refractivity contribution in [1.82, 2.24) is 20.3 Å². The number of carbonyl (C=O) groups is 1. The Kier molecular flexibility index (Phi) is 5.96. The number of nitrogens with zero attached hydrogens (tertiary/aromatic N) is 3. The van der Waals surface area contributed by atoms with Gasteiger partial charge in [0, 0.05) is 43.6 Å². The van der Waals surface area contributed by atoms with E-state index in [0.717, 1.165) is 42.8 Å². The number of nitrogens with one attached hydrogen (secondary N) is 3. The van der Waals surface area contributed by atoms with Gasteiger partial charge in [-0.2, -0.15) is 4.98 Å². The molecule has 2 aromatic rings. The van der Waals surface area contributed by atoms with Gasteiger partial charge in [0.15, 0.2) is 0 Å². The lowest BCUT2D eigenvalue weighted by Crippen LogP contribution is -2.41. The van der Waals surface area contributed by atoms with E-state index in [-0.39, 0.29) is 29.1 Å². The summed E-state index contributed by atoms with van der Waals surface area (Å²) < 4.78 is 0. The fourth-order valence-corrected chi connectivity index (χ4v) is 3.54. The van der Waals surface area contributed by atoms with Gasteiger partial charge in [-0.15, -0.1) is 0 Å². The molecule has 1 saturated carbocycles. The van der Waals surface area contributed by atoms with Gasteiger partial charge in [-0.1, -0.05) is 0 Å². The Labute approximate surface area is 164 Å². The fourth-order valence-electron chi connectivity index (χ4n) is 3.54. The zero-order valence-corrected chi connectivity index (χ0v) is 16.9. The summed E-state index contributed by atoms with van der Waals surface area (Å²) in [7, 11) is 3.95. The molecule has 0 spiro atoms. The molecule has 3 N–H and O–H groups in total. The predicted octanol–water partition coefficient (Wildman–Crippen LogP) is 2.00. The second-order valence-electron chi connectivity index (χ2n) is 7.55. The highest BCUT2D eigenvalue weighted by Gasteiger charge is 2.24. The topological polar surface area (TPSA) is 103 Å². The highest BCUT2D eigenvalue weighted by Crippen LogP contribution is 2.24. The number of rotatable bonds is 5. The molecule has 28 heavy (non-hydrogen) atoms. The number of pyridine rings is 1. The van der Waals surface area contributed by atoms with Crippen LogP contribution in [0.2, 0.25) is 0 Å². The van der Waals surface area contributed by atoms with Crippen molar-refractivity contribution in [2.75, 3.05) is 24.3 Å². The first-order valence-electron chi connectivity index (χ1n) is 9.63. The van der Waals surface area contributed by atoms with Crippen molar-refractivity contribution in [2.24, 2.45) is 0 Å². The number of amides is 1. The maximum atomic E-state index is 12.3. The number of carbonyl (C=O) groups excluding carboxylic acids is 1. The minimum Gasteiger partial charge on any atom is -0.362 e. The summed E-state index contributed by atoms with van der Waals surface area (Å²) in [4.78, 5) is 37.8. The summed E-state index contributed by atoms with van der Waals surface area (Å²) in [6.45, 7) is 4.02. The van der Waals surface area contributed by atoms with Gasteiger partial charge in [-0.25, -0.2) is 4.98 Å². The zero-order chi connectivity index (χ0) is 20.3. The van der Waals surface area contributed by atoms with Crippen LogP contribution in [0.5, 0.6) is 0 Å². The number of hydrogen-bond donors (Lipinski definition) is 3. The van der Waals surface area contributed by atoms with E-state index in [0.29, 0.717) is 5.95 Å². The van der Waals surface area contributed by atoms with E-state index in [2.05, 4.69) is 25.6 Å². The molecule has 0 aromatic carbocycles. The Hall–Kier alpha value is -2.90. The quantitative estimate of drug-likeness (QED) is 0.729. The molecule has 150 valence electrons. The lowest BCUT2D eigenvalue weighted by atomic mass is 9.91. The standard InChI is InChI=1S/C20H28N6O2/c1-12-13(2)22-20(25-17(12)26(3)4)24-15-9-7-14(8-10-15)23-19(28)16-6-5-11-21-18(16)27/h5-6,11,14-15H,7-10H2,1-4H3,(H,21,27)(H,23,28)(H,22,24,25). The monoisotopic (exact) mass is 384 g/mol. The molecule has 1 fully saturated rings. The van der Waals surface area contributed by atoms with Crippen LogP contribution < -0.4 is 21.1 Å². The van der Waals surface area contributed by atoms with Gasteiger partial charge < -0.3 is 20.5 Å². The smallest absolute Gasteiger partial charge is 0.260 e. The first-order valence-corrected chi connectivity index (χ1v) is 9.63. The third-order valence-electron chi connectivity index (χ3n) is 5.25. The summed E-state index contributed by atoms with van der Waals surface area (Å²) in [5.74, 6) is 1.26. The largest absolute Gasteiger partial charge is 0.362 e. The van der Waals surface area contributed by atoms with Crippen LogP contribution in [0.15, 0.2) is 23.1 Å². The first kappa shape index (κ1) is 19.9. The van der Waals surface area contributed by atoms with E-state index in [1.54, 1.807) is 12.1 Å². The van der Waals surface area contributed by atoms with Gasteiger partial charge in [0.05, 0.1) is 0 Å². The van der Waals surface area contributed by atoms with Gasteiger partial charge in [0.1, 0.15) is 11.4 Å². The minimum atomic E-state index is -0.362. The van der Waals surface area contributed by atoms with E-state index in [9.17, 15) is 9.59 Å². The molecule has 0 saturated heterocycles. The summed E-state index contributed by atoms with van der Waals surface area (Å²) >= 11 is 0. The molecule has 1 aliphatic rings. The Morgan fingerprint density at radius 3 is 2.46 bits per heavy atom. The molecule has 8 heteroatoms. The second-order valence-corrected chi connectivity index (χ2v) is 7.55. The van der Waals surface area contributed by atoms with Crippen molar-refractivity contribution in [3.05, 3.63) is 45.5 Å². The molecule has 0 atom stereocenters. The molecule has 0 aliphatic heterocycles. The SMILES string of the molecule is Cc1nc(NC2CCC(NC(=O)c3ccc[nH]c3=O)CC2)nc(N(C)C)c1C. The predicted molar refractivity (Wildman–Crippen MR) is 110 cm³/mol. The third kappa shape index (κ3) is 4.49.